The zero-order chi connectivity index (χ0) is 16.4. The lowest BCUT2D eigenvalue weighted by Gasteiger charge is -2.23. The Morgan fingerprint density at radius 3 is 2.65 bits per heavy atom. The van der Waals surface area contributed by atoms with Crippen LogP contribution < -0.4 is 0 Å². The first-order valence-corrected chi connectivity index (χ1v) is 7.56. The molecule has 1 saturated heterocycles. The monoisotopic (exact) mass is 313 g/mol. The van der Waals surface area contributed by atoms with E-state index < -0.39 is 11.4 Å². The number of amides is 1. The van der Waals surface area contributed by atoms with Crippen LogP contribution >= 0.6 is 0 Å². The highest BCUT2D eigenvalue weighted by Gasteiger charge is 2.46. The van der Waals surface area contributed by atoms with Crippen molar-refractivity contribution >= 4 is 22.6 Å². The predicted octanol–water partition coefficient (Wildman–Crippen LogP) is 2.40. The quantitative estimate of drug-likeness (QED) is 0.941. The molecule has 0 saturated carbocycles. The summed E-state index contributed by atoms with van der Waals surface area (Å²) in [4.78, 5) is 25.9. The molecule has 2 aromatic carbocycles. The van der Waals surface area contributed by atoms with Crippen molar-refractivity contribution in [2.24, 2.45) is 5.41 Å². The first kappa shape index (κ1) is 15.5. The van der Waals surface area contributed by atoms with Gasteiger partial charge in [0.2, 0.25) is 0 Å². The molecule has 120 valence electrons. The third-order valence-corrected chi connectivity index (χ3v) is 4.51. The zero-order valence-corrected chi connectivity index (χ0v) is 13.0. The number of fused-ring (bicyclic) bond motifs is 1. The molecule has 1 fully saturated rings. The lowest BCUT2D eigenvalue weighted by atomic mass is 9.88. The van der Waals surface area contributed by atoms with Gasteiger partial charge in [0.15, 0.2) is 0 Å². The van der Waals surface area contributed by atoms with Crippen molar-refractivity contribution in [1.82, 2.24) is 4.90 Å². The number of ether oxygens (including phenoxy) is 1. The summed E-state index contributed by atoms with van der Waals surface area (Å²) in [6.07, 6.45) is 0.412. The van der Waals surface area contributed by atoms with Gasteiger partial charge >= 0.3 is 5.97 Å². The number of methoxy groups -OCH3 is 1. The maximum atomic E-state index is 12.7. The van der Waals surface area contributed by atoms with Crippen molar-refractivity contribution in [2.75, 3.05) is 26.8 Å². The van der Waals surface area contributed by atoms with E-state index in [9.17, 15) is 14.7 Å². The molecule has 5 heteroatoms. The number of carboxylic acid groups (broad SMARTS) is 1. The minimum absolute atomic E-state index is 0.115. The third kappa shape index (κ3) is 2.80. The second-order valence-corrected chi connectivity index (χ2v) is 6.06. The van der Waals surface area contributed by atoms with Crippen molar-refractivity contribution in [1.29, 1.82) is 0 Å². The normalized spacial score (nSPS) is 20.8. The molecular weight excluding hydrogens is 294 g/mol. The first-order chi connectivity index (χ1) is 11.1. The van der Waals surface area contributed by atoms with Gasteiger partial charge in [-0.05, 0) is 29.3 Å². The van der Waals surface area contributed by atoms with Crippen molar-refractivity contribution in [2.45, 2.75) is 6.42 Å². The molecule has 0 radical (unpaired) electrons. The molecule has 1 atom stereocenters. The number of aliphatic carboxylic acids is 1. The largest absolute Gasteiger partial charge is 0.481 e. The minimum Gasteiger partial charge on any atom is -0.481 e. The van der Waals surface area contributed by atoms with Crippen LogP contribution in [0.15, 0.2) is 42.5 Å². The molecule has 0 aliphatic carbocycles. The number of rotatable bonds is 4. The van der Waals surface area contributed by atoms with E-state index in [4.69, 9.17) is 4.74 Å². The van der Waals surface area contributed by atoms with Crippen LogP contribution in [0.5, 0.6) is 0 Å². The van der Waals surface area contributed by atoms with E-state index >= 15 is 0 Å². The molecule has 0 spiro atoms. The maximum absolute atomic E-state index is 12.7. The Balaban J connectivity index is 1.84. The summed E-state index contributed by atoms with van der Waals surface area (Å²) in [5.74, 6) is -1.04. The zero-order valence-electron chi connectivity index (χ0n) is 13.0. The second-order valence-electron chi connectivity index (χ2n) is 6.06. The number of carboxylic acids is 1. The Bertz CT molecular complexity index is 758. The van der Waals surface area contributed by atoms with E-state index in [-0.39, 0.29) is 19.1 Å². The van der Waals surface area contributed by atoms with Gasteiger partial charge in [0, 0.05) is 25.8 Å². The second kappa shape index (κ2) is 6.01. The Morgan fingerprint density at radius 2 is 1.96 bits per heavy atom. The Kier molecular flexibility index (Phi) is 4.05. The molecule has 1 amide bonds. The van der Waals surface area contributed by atoms with E-state index in [0.29, 0.717) is 18.5 Å². The van der Waals surface area contributed by atoms with Crippen LogP contribution in [0.25, 0.3) is 10.8 Å². The molecule has 1 N–H and O–H groups in total. The van der Waals surface area contributed by atoms with Crippen LogP contribution in [0, 0.1) is 5.41 Å². The van der Waals surface area contributed by atoms with E-state index in [1.54, 1.807) is 11.0 Å². The standard InChI is InChI=1S/C18H19NO4/c1-23-12-18(17(21)22)8-9-19(11-18)16(20)15-7-6-13-4-2-3-5-14(13)10-15/h2-7,10H,8-9,11-12H2,1H3,(H,21,22). The molecule has 3 rings (SSSR count). The Morgan fingerprint density at radius 1 is 1.22 bits per heavy atom. The average molecular weight is 313 g/mol. The Hall–Kier alpha value is -2.40. The van der Waals surface area contributed by atoms with Gasteiger partial charge in [0.05, 0.1) is 6.61 Å². The predicted molar refractivity (Wildman–Crippen MR) is 86.4 cm³/mol. The van der Waals surface area contributed by atoms with Crippen LogP contribution in [-0.2, 0) is 9.53 Å². The van der Waals surface area contributed by atoms with Crippen LogP contribution in [0.1, 0.15) is 16.8 Å². The van der Waals surface area contributed by atoms with Crippen LogP contribution in [0.4, 0.5) is 0 Å². The average Bonchev–Trinajstić information content (AvgIpc) is 3.00. The lowest BCUT2D eigenvalue weighted by molar-refractivity contribution is -0.151. The van der Waals surface area contributed by atoms with Gasteiger partial charge < -0.3 is 14.7 Å². The van der Waals surface area contributed by atoms with Crippen molar-refractivity contribution < 1.29 is 19.4 Å². The highest BCUT2D eigenvalue weighted by Crippen LogP contribution is 2.32. The van der Waals surface area contributed by atoms with E-state index in [0.717, 1.165) is 10.8 Å². The van der Waals surface area contributed by atoms with Gasteiger partial charge in [-0.1, -0.05) is 30.3 Å². The topological polar surface area (TPSA) is 66.8 Å². The Labute approximate surface area is 134 Å². The van der Waals surface area contributed by atoms with Crippen LogP contribution in [0.3, 0.4) is 0 Å². The van der Waals surface area contributed by atoms with Gasteiger partial charge in [-0.15, -0.1) is 0 Å². The van der Waals surface area contributed by atoms with Gasteiger partial charge in [-0.3, -0.25) is 9.59 Å². The lowest BCUT2D eigenvalue weighted by Crippen LogP contribution is -2.40. The molecule has 23 heavy (non-hydrogen) atoms. The molecule has 1 aliphatic heterocycles. The van der Waals surface area contributed by atoms with E-state index in [1.807, 2.05) is 36.4 Å². The number of nitrogens with zero attached hydrogens (tertiary/aromatic N) is 1. The first-order valence-electron chi connectivity index (χ1n) is 7.56. The number of likely N-dealkylation sites (tertiary alicyclic amines) is 1. The smallest absolute Gasteiger partial charge is 0.313 e. The number of carbonyl (C=O) groups excluding carboxylic acids is 1. The molecule has 0 aromatic heterocycles. The number of carbonyl (C=O) groups is 2. The molecule has 5 nitrogen and oxygen atoms in total. The molecular formula is C18H19NO4. The van der Waals surface area contributed by atoms with Crippen molar-refractivity contribution in [3.63, 3.8) is 0 Å². The van der Waals surface area contributed by atoms with E-state index in [2.05, 4.69) is 0 Å². The summed E-state index contributed by atoms with van der Waals surface area (Å²) in [7, 11) is 1.48. The fourth-order valence-electron chi connectivity index (χ4n) is 3.18. The molecule has 0 bridgehead atoms. The highest BCUT2D eigenvalue weighted by molar-refractivity contribution is 5.99. The van der Waals surface area contributed by atoms with Crippen LogP contribution in [0.2, 0.25) is 0 Å². The van der Waals surface area contributed by atoms with Gasteiger partial charge in [0.25, 0.3) is 5.91 Å². The fourth-order valence-corrected chi connectivity index (χ4v) is 3.18. The van der Waals surface area contributed by atoms with Gasteiger partial charge in [-0.25, -0.2) is 0 Å². The number of benzene rings is 2. The molecule has 2 aromatic rings. The molecule has 1 unspecified atom stereocenters. The maximum Gasteiger partial charge on any atom is 0.313 e. The molecule has 1 aliphatic rings. The number of hydrogen-bond donors (Lipinski definition) is 1. The minimum atomic E-state index is -0.999. The fraction of sp³-hybridized carbons (Fsp3) is 0.333. The van der Waals surface area contributed by atoms with Crippen molar-refractivity contribution in [3.05, 3.63) is 48.0 Å². The summed E-state index contributed by atoms with van der Waals surface area (Å²) < 4.78 is 5.06. The SMILES string of the molecule is COCC1(C(=O)O)CCN(C(=O)c2ccc3ccccc3c2)C1. The van der Waals surface area contributed by atoms with Gasteiger partial charge in [0.1, 0.15) is 5.41 Å². The van der Waals surface area contributed by atoms with Crippen LogP contribution in [-0.4, -0.2) is 48.7 Å². The third-order valence-electron chi connectivity index (χ3n) is 4.51. The summed E-state index contributed by atoms with van der Waals surface area (Å²) in [6, 6.07) is 13.4. The highest BCUT2D eigenvalue weighted by atomic mass is 16.5. The molecule has 1 heterocycles. The van der Waals surface area contributed by atoms with Crippen molar-refractivity contribution in [3.8, 4) is 0 Å². The summed E-state index contributed by atoms with van der Waals surface area (Å²) >= 11 is 0. The van der Waals surface area contributed by atoms with E-state index in [1.165, 1.54) is 7.11 Å². The summed E-state index contributed by atoms with van der Waals surface area (Å²) in [6.45, 7) is 0.729. The summed E-state index contributed by atoms with van der Waals surface area (Å²) in [5.41, 5.74) is -0.413. The number of hydrogen-bond acceptors (Lipinski definition) is 3. The summed E-state index contributed by atoms with van der Waals surface area (Å²) in [5, 5.41) is 11.6. The van der Waals surface area contributed by atoms with Gasteiger partial charge in [-0.2, -0.15) is 0 Å².